The van der Waals surface area contributed by atoms with Gasteiger partial charge in [0.25, 0.3) is 0 Å². The summed E-state index contributed by atoms with van der Waals surface area (Å²) >= 11 is 0. The Morgan fingerprint density at radius 2 is 1.15 bits per heavy atom. The first-order valence-electron chi connectivity index (χ1n) is 20.5. The number of nitrogen functional groups attached to an aromatic ring is 2. The number of nitrogens with two attached hydrogens (primary N) is 2. The van der Waals surface area contributed by atoms with Crippen molar-refractivity contribution in [2.24, 2.45) is 23.7 Å². The van der Waals surface area contributed by atoms with Gasteiger partial charge in [0, 0.05) is 17.8 Å². The van der Waals surface area contributed by atoms with Gasteiger partial charge < -0.3 is 31.2 Å². The van der Waals surface area contributed by atoms with Gasteiger partial charge in [-0.25, -0.2) is 0 Å². The number of anilines is 2. The second kappa shape index (κ2) is 20.5. The van der Waals surface area contributed by atoms with Crippen molar-refractivity contribution in [3.8, 4) is 11.5 Å². The van der Waals surface area contributed by atoms with Crippen LogP contribution in [0.2, 0.25) is 0 Å². The minimum atomic E-state index is -2.93. The van der Waals surface area contributed by atoms with Crippen LogP contribution >= 0.6 is 0 Å². The molecule has 8 nitrogen and oxygen atoms in total. The number of carbonyl (C=O) groups excluding carboxylic acids is 2. The molecule has 6 N–H and O–H groups in total. The van der Waals surface area contributed by atoms with Crippen molar-refractivity contribution >= 4 is 35.1 Å². The number of benzene rings is 3. The molecule has 0 amide bonds. The fourth-order valence-electron chi connectivity index (χ4n) is 8.27. The van der Waals surface area contributed by atoms with Gasteiger partial charge in [0.15, 0.2) is 5.78 Å². The van der Waals surface area contributed by atoms with Gasteiger partial charge in [-0.05, 0) is 115 Å². The first kappa shape index (κ1) is 41.8. The molecule has 0 aliphatic heterocycles. The second-order valence-electron chi connectivity index (χ2n) is 16.0. The molecule has 0 spiro atoms. The minimum absolute atomic E-state index is 0.153. The third kappa shape index (κ3) is 12.6. The van der Waals surface area contributed by atoms with Crippen LogP contribution in [-0.2, 0) is 9.59 Å². The van der Waals surface area contributed by atoms with E-state index in [4.69, 9.17) is 20.9 Å². The van der Waals surface area contributed by atoms with E-state index in [-0.39, 0.29) is 17.7 Å². The Hall–Kier alpha value is -4.40. The highest BCUT2D eigenvalue weighted by atomic mass is 16.5. The first-order valence-corrected chi connectivity index (χ1v) is 20.5. The fraction of sp³-hybridized carbons (Fsp3) is 0.489. The number of hydrogen-bond donors (Lipinski definition) is 4. The van der Waals surface area contributed by atoms with Crippen LogP contribution in [0.1, 0.15) is 120 Å². The number of aliphatic hydroxyl groups is 2. The van der Waals surface area contributed by atoms with Crippen molar-refractivity contribution in [2.75, 3.05) is 24.7 Å². The van der Waals surface area contributed by atoms with Gasteiger partial charge in [0.2, 0.25) is 11.6 Å². The first-order chi connectivity index (χ1) is 26.5. The summed E-state index contributed by atoms with van der Waals surface area (Å²) in [6, 6.07) is 19.4. The lowest BCUT2D eigenvalue weighted by Crippen LogP contribution is -2.44. The van der Waals surface area contributed by atoms with E-state index in [1.807, 2.05) is 48.5 Å². The Kier molecular flexibility index (Phi) is 15.6. The molecule has 2 aliphatic rings. The molecule has 2 saturated carbocycles. The van der Waals surface area contributed by atoms with Gasteiger partial charge in [-0.1, -0.05) is 108 Å². The molecule has 3 aromatic carbocycles. The molecular formula is C47H62N2O6. The average Bonchev–Trinajstić information content (AvgIpc) is 3.19. The summed E-state index contributed by atoms with van der Waals surface area (Å²) in [5.74, 6) is -1.27. The highest BCUT2D eigenvalue weighted by molar-refractivity contribution is 6.01. The minimum Gasteiger partial charge on any atom is -0.493 e. The summed E-state index contributed by atoms with van der Waals surface area (Å²) in [5.41, 5.74) is 14.4. The van der Waals surface area contributed by atoms with E-state index >= 15 is 0 Å². The van der Waals surface area contributed by atoms with Crippen LogP contribution in [0.4, 0.5) is 11.4 Å². The van der Waals surface area contributed by atoms with Gasteiger partial charge in [-0.3, -0.25) is 9.59 Å². The molecule has 0 saturated heterocycles. The standard InChI is InChI=1S/C47H62N2O6/c1-3-5-33-7-11-37(12-8-33)31-54-41-23-16-35(17-24-41)15-22-40(50)30-44(43-27-21-39(48)29-45(43)49)47(52,53)46(51)28-20-36-18-25-42(26-19-36)55-32-38-13-9-34(6-4-2)10-14-38/h15-29,33-34,37-38,44,52-53H,3-14,30-32,48-49H2,1-2H3/b22-15+,28-20+. The Morgan fingerprint density at radius 1 is 0.691 bits per heavy atom. The van der Waals surface area contributed by atoms with Crippen LogP contribution in [0.25, 0.3) is 12.2 Å². The molecule has 2 aliphatic carbocycles. The maximum Gasteiger partial charge on any atom is 0.235 e. The lowest BCUT2D eigenvalue weighted by molar-refractivity contribution is -0.187. The van der Waals surface area contributed by atoms with Crippen molar-refractivity contribution in [3.05, 3.63) is 95.6 Å². The predicted octanol–water partition coefficient (Wildman–Crippen LogP) is 9.54. The molecule has 1 atom stereocenters. The smallest absolute Gasteiger partial charge is 0.235 e. The zero-order valence-corrected chi connectivity index (χ0v) is 32.8. The quantitative estimate of drug-likeness (QED) is 0.0539. The van der Waals surface area contributed by atoms with Crippen LogP contribution in [0.5, 0.6) is 11.5 Å². The Morgan fingerprint density at radius 3 is 1.60 bits per heavy atom. The molecule has 3 aromatic rings. The van der Waals surface area contributed by atoms with Gasteiger partial charge >= 0.3 is 0 Å². The lowest BCUT2D eigenvalue weighted by atomic mass is 9.80. The SMILES string of the molecule is CCCC1CCC(COc2ccc(/C=C/C(=O)CC(c3ccc(N)cc3N)C(O)(O)C(=O)/C=C/c3ccc(OCC4CCC(CCC)CC4)cc3)cc2)CC1. The maximum atomic E-state index is 13.4. The molecule has 0 radical (unpaired) electrons. The topological polar surface area (TPSA) is 145 Å². The van der Waals surface area contributed by atoms with E-state index < -0.39 is 23.3 Å². The molecular weight excluding hydrogens is 689 g/mol. The number of ether oxygens (including phenoxy) is 2. The average molecular weight is 751 g/mol. The van der Waals surface area contributed by atoms with Crippen LogP contribution in [0.3, 0.4) is 0 Å². The van der Waals surface area contributed by atoms with E-state index in [0.717, 1.165) is 35.0 Å². The highest BCUT2D eigenvalue weighted by Gasteiger charge is 2.43. The molecule has 2 fully saturated rings. The molecule has 55 heavy (non-hydrogen) atoms. The normalized spacial score (nSPS) is 21.1. The largest absolute Gasteiger partial charge is 0.493 e. The lowest BCUT2D eigenvalue weighted by Gasteiger charge is -2.30. The summed E-state index contributed by atoms with van der Waals surface area (Å²) in [6.45, 7) is 5.91. The third-order valence-electron chi connectivity index (χ3n) is 11.7. The van der Waals surface area contributed by atoms with Crippen LogP contribution < -0.4 is 20.9 Å². The number of carbonyl (C=O) groups is 2. The van der Waals surface area contributed by atoms with Crippen molar-refractivity contribution in [1.82, 2.24) is 0 Å². The van der Waals surface area contributed by atoms with Crippen LogP contribution in [-0.4, -0.2) is 40.8 Å². The maximum absolute atomic E-state index is 13.4. The highest BCUT2D eigenvalue weighted by Crippen LogP contribution is 2.37. The van der Waals surface area contributed by atoms with E-state index in [2.05, 4.69) is 13.8 Å². The summed E-state index contributed by atoms with van der Waals surface area (Å²) in [7, 11) is 0. The monoisotopic (exact) mass is 750 g/mol. The Bertz CT molecular complexity index is 1720. The zero-order valence-electron chi connectivity index (χ0n) is 32.8. The van der Waals surface area contributed by atoms with Gasteiger partial charge in [0.05, 0.1) is 19.1 Å². The van der Waals surface area contributed by atoms with E-state index in [1.165, 1.54) is 101 Å². The number of allylic oxidation sites excluding steroid dienone is 1. The van der Waals surface area contributed by atoms with Gasteiger partial charge in [-0.2, -0.15) is 0 Å². The molecule has 0 heterocycles. The van der Waals surface area contributed by atoms with E-state index in [1.54, 1.807) is 12.1 Å². The molecule has 5 rings (SSSR count). The second-order valence-corrected chi connectivity index (χ2v) is 16.0. The predicted molar refractivity (Wildman–Crippen MR) is 222 cm³/mol. The van der Waals surface area contributed by atoms with Crippen molar-refractivity contribution in [3.63, 3.8) is 0 Å². The number of ketones is 2. The molecule has 296 valence electrons. The molecule has 8 heteroatoms. The summed E-state index contributed by atoms with van der Waals surface area (Å²) in [6.07, 6.45) is 20.4. The van der Waals surface area contributed by atoms with Crippen molar-refractivity contribution < 1.29 is 29.3 Å². The molecule has 1 unspecified atom stereocenters. The Balaban J connectivity index is 1.17. The number of hydrogen-bond acceptors (Lipinski definition) is 8. The molecule has 0 bridgehead atoms. The van der Waals surface area contributed by atoms with Crippen LogP contribution in [0.15, 0.2) is 78.9 Å². The van der Waals surface area contributed by atoms with Gasteiger partial charge in [-0.15, -0.1) is 0 Å². The van der Waals surface area contributed by atoms with Crippen LogP contribution in [0, 0.1) is 23.7 Å². The summed E-state index contributed by atoms with van der Waals surface area (Å²) in [5, 5.41) is 22.7. The summed E-state index contributed by atoms with van der Waals surface area (Å²) < 4.78 is 12.2. The third-order valence-corrected chi connectivity index (χ3v) is 11.7. The van der Waals surface area contributed by atoms with Crippen molar-refractivity contribution in [1.29, 1.82) is 0 Å². The van der Waals surface area contributed by atoms with E-state index in [0.29, 0.717) is 36.3 Å². The fourth-order valence-corrected chi connectivity index (χ4v) is 8.27. The molecule has 0 aromatic heterocycles. The zero-order chi connectivity index (χ0) is 39.2. The van der Waals surface area contributed by atoms with Gasteiger partial charge in [0.1, 0.15) is 11.5 Å². The number of rotatable bonds is 19. The Labute approximate surface area is 328 Å². The van der Waals surface area contributed by atoms with Crippen molar-refractivity contribution in [2.45, 2.75) is 109 Å². The van der Waals surface area contributed by atoms with E-state index in [9.17, 15) is 19.8 Å². The summed E-state index contributed by atoms with van der Waals surface area (Å²) in [4.78, 5) is 26.7.